The molecule has 2 fully saturated rings. The zero-order chi connectivity index (χ0) is 25.0. The molecule has 188 valence electrons. The molecule has 2 aromatic carbocycles. The van der Waals surface area contributed by atoms with Gasteiger partial charge >= 0.3 is 0 Å². The smallest absolute Gasteiger partial charge is 0.258 e. The fourth-order valence-corrected chi connectivity index (χ4v) is 6.27. The summed E-state index contributed by atoms with van der Waals surface area (Å²) >= 11 is 0. The van der Waals surface area contributed by atoms with Gasteiger partial charge in [-0.15, -0.1) is 0 Å². The maximum atomic E-state index is 13.6. The molecule has 9 heteroatoms. The Kier molecular flexibility index (Phi) is 7.76. The van der Waals surface area contributed by atoms with Crippen LogP contribution < -0.4 is 14.8 Å². The monoisotopic (exact) mass is 499 g/mol. The highest BCUT2D eigenvalue weighted by molar-refractivity contribution is 7.89. The molecule has 1 aliphatic heterocycles. The summed E-state index contributed by atoms with van der Waals surface area (Å²) in [5, 5.41) is 2.84. The molecule has 4 rings (SSSR count). The molecule has 0 spiro atoms. The van der Waals surface area contributed by atoms with Crippen LogP contribution in [0.15, 0.2) is 53.4 Å². The number of ether oxygens (including phenoxy) is 1. The van der Waals surface area contributed by atoms with Gasteiger partial charge in [0.1, 0.15) is 11.8 Å². The zero-order valence-electron chi connectivity index (χ0n) is 20.2. The first-order valence-corrected chi connectivity index (χ1v) is 13.6. The first kappa shape index (κ1) is 25.2. The third-order valence-corrected chi connectivity index (χ3v) is 8.49. The molecule has 3 unspecified atom stereocenters. The molecular weight excluding hydrogens is 466 g/mol. The number of amides is 2. The highest BCUT2D eigenvalue weighted by Crippen LogP contribution is 2.41. The van der Waals surface area contributed by atoms with Gasteiger partial charge in [-0.2, -0.15) is 0 Å². The summed E-state index contributed by atoms with van der Waals surface area (Å²) < 4.78 is 32.9. The van der Waals surface area contributed by atoms with Crippen LogP contribution in [-0.4, -0.2) is 57.4 Å². The summed E-state index contributed by atoms with van der Waals surface area (Å²) in [5.74, 6) is 0.328. The van der Waals surface area contributed by atoms with Gasteiger partial charge in [0.25, 0.3) is 5.91 Å². The van der Waals surface area contributed by atoms with Crippen LogP contribution in [0.5, 0.6) is 5.75 Å². The van der Waals surface area contributed by atoms with Crippen molar-refractivity contribution in [1.82, 2.24) is 14.9 Å². The highest BCUT2D eigenvalue weighted by atomic mass is 32.2. The zero-order valence-corrected chi connectivity index (χ0v) is 21.0. The summed E-state index contributed by atoms with van der Waals surface area (Å²) in [6.07, 6.45) is 4.64. The van der Waals surface area contributed by atoms with Gasteiger partial charge in [0.05, 0.1) is 17.6 Å². The number of sulfonamides is 1. The Morgan fingerprint density at radius 2 is 1.74 bits per heavy atom. The van der Waals surface area contributed by atoms with E-state index >= 15 is 0 Å². The highest BCUT2D eigenvalue weighted by Gasteiger charge is 2.47. The largest absolute Gasteiger partial charge is 0.496 e. The first-order chi connectivity index (χ1) is 16.8. The number of aryl methyl sites for hydroxylation is 1. The number of benzene rings is 2. The molecule has 2 aromatic rings. The quantitative estimate of drug-likeness (QED) is 0.544. The Hall–Kier alpha value is -2.91. The number of nitrogens with zero attached hydrogens (tertiary/aromatic N) is 1. The number of rotatable bonds is 8. The number of hydrogen-bond acceptors (Lipinski definition) is 5. The number of hydrogen-bond donors (Lipinski definition) is 2. The molecule has 0 radical (unpaired) electrons. The number of fused-ring (bicyclic) bond motifs is 1. The standard InChI is InChI=1S/C26H33N3O5S/c1-18-11-13-20(14-12-18)35(32,33)28-16-15-27-25(30)23-17-19-7-3-5-9-22(19)29(23)26(31)21-8-4-6-10-24(21)34-2/h4,6,8,10-14,19,22-23,28H,3,5,7,9,15-17H2,1-2H3,(H,27,30). The van der Waals surface area contributed by atoms with Crippen LogP contribution in [0.4, 0.5) is 0 Å². The Bertz CT molecular complexity index is 1170. The molecule has 2 amide bonds. The predicted octanol–water partition coefficient (Wildman–Crippen LogP) is 2.87. The third kappa shape index (κ3) is 5.51. The number of nitrogens with one attached hydrogen (secondary N) is 2. The molecule has 1 saturated carbocycles. The van der Waals surface area contributed by atoms with Gasteiger partial charge in [-0.3, -0.25) is 9.59 Å². The van der Waals surface area contributed by atoms with E-state index in [4.69, 9.17) is 4.74 Å². The third-order valence-electron chi connectivity index (χ3n) is 7.01. The number of para-hydroxylation sites is 1. The average molecular weight is 500 g/mol. The fourth-order valence-electron chi connectivity index (χ4n) is 5.24. The van der Waals surface area contributed by atoms with Crippen LogP contribution in [0.3, 0.4) is 0 Å². The van der Waals surface area contributed by atoms with Crippen LogP contribution >= 0.6 is 0 Å². The maximum Gasteiger partial charge on any atom is 0.258 e. The normalized spacial score (nSPS) is 21.9. The van der Waals surface area contributed by atoms with Crippen LogP contribution in [0.1, 0.15) is 48.0 Å². The molecule has 2 N–H and O–H groups in total. The topological polar surface area (TPSA) is 105 Å². The van der Waals surface area contributed by atoms with E-state index < -0.39 is 16.1 Å². The maximum absolute atomic E-state index is 13.6. The molecule has 1 saturated heterocycles. The second-order valence-corrected chi connectivity index (χ2v) is 11.0. The summed E-state index contributed by atoms with van der Waals surface area (Å²) in [6, 6.07) is 13.1. The molecule has 3 atom stereocenters. The molecule has 8 nitrogen and oxygen atoms in total. The van der Waals surface area contributed by atoms with Crippen molar-refractivity contribution in [3.05, 3.63) is 59.7 Å². The average Bonchev–Trinajstić information content (AvgIpc) is 3.26. The van der Waals surface area contributed by atoms with Gasteiger partial charge in [-0.25, -0.2) is 13.1 Å². The molecule has 35 heavy (non-hydrogen) atoms. The van der Waals surface area contributed by atoms with E-state index in [9.17, 15) is 18.0 Å². The van der Waals surface area contributed by atoms with Crippen LogP contribution in [-0.2, 0) is 14.8 Å². The lowest BCUT2D eigenvalue weighted by molar-refractivity contribution is -0.125. The molecule has 2 aliphatic rings. The van der Waals surface area contributed by atoms with E-state index in [-0.39, 0.29) is 41.8 Å². The van der Waals surface area contributed by atoms with Crippen molar-refractivity contribution in [3.8, 4) is 5.75 Å². The summed E-state index contributed by atoms with van der Waals surface area (Å²) in [4.78, 5) is 28.7. The van der Waals surface area contributed by atoms with Crippen molar-refractivity contribution in [3.63, 3.8) is 0 Å². The van der Waals surface area contributed by atoms with Gasteiger partial charge in [0, 0.05) is 19.1 Å². The van der Waals surface area contributed by atoms with Crippen molar-refractivity contribution < 1.29 is 22.7 Å². The number of carbonyl (C=O) groups is 2. The van der Waals surface area contributed by atoms with Crippen LogP contribution in [0.2, 0.25) is 0 Å². The first-order valence-electron chi connectivity index (χ1n) is 12.1. The van der Waals surface area contributed by atoms with Crippen molar-refractivity contribution in [1.29, 1.82) is 0 Å². The lowest BCUT2D eigenvalue weighted by Gasteiger charge is -2.34. The van der Waals surface area contributed by atoms with E-state index in [1.165, 1.54) is 7.11 Å². The Morgan fingerprint density at radius 1 is 1.03 bits per heavy atom. The molecule has 0 aromatic heterocycles. The van der Waals surface area contributed by atoms with E-state index in [0.717, 1.165) is 31.2 Å². The van der Waals surface area contributed by atoms with E-state index in [1.54, 1.807) is 47.4 Å². The van der Waals surface area contributed by atoms with Gasteiger partial charge in [0.15, 0.2) is 0 Å². The van der Waals surface area contributed by atoms with E-state index in [2.05, 4.69) is 10.0 Å². The summed E-state index contributed by atoms with van der Waals surface area (Å²) in [7, 11) is -2.13. The van der Waals surface area contributed by atoms with Crippen LogP contribution in [0.25, 0.3) is 0 Å². The number of carbonyl (C=O) groups excluding carboxylic acids is 2. The molecule has 1 aliphatic carbocycles. The molecular formula is C26H33N3O5S. The Morgan fingerprint density at radius 3 is 2.49 bits per heavy atom. The Balaban J connectivity index is 1.42. The van der Waals surface area contributed by atoms with Gasteiger partial charge < -0.3 is 15.0 Å². The lowest BCUT2D eigenvalue weighted by Crippen LogP contribution is -2.50. The summed E-state index contributed by atoms with van der Waals surface area (Å²) in [6.45, 7) is 2.08. The molecule has 1 heterocycles. The van der Waals surface area contributed by atoms with E-state index in [1.807, 2.05) is 13.0 Å². The van der Waals surface area contributed by atoms with Crippen molar-refractivity contribution in [2.75, 3.05) is 20.2 Å². The summed E-state index contributed by atoms with van der Waals surface area (Å²) in [5.41, 5.74) is 1.42. The van der Waals surface area contributed by atoms with Gasteiger partial charge in [-0.05, 0) is 56.4 Å². The van der Waals surface area contributed by atoms with Crippen molar-refractivity contribution in [2.45, 2.75) is 56.0 Å². The Labute approximate surface area is 207 Å². The number of likely N-dealkylation sites (tertiary alicyclic amines) is 1. The second kappa shape index (κ2) is 10.8. The fraction of sp³-hybridized carbons (Fsp3) is 0.462. The minimum absolute atomic E-state index is 0.0250. The number of methoxy groups -OCH3 is 1. The minimum Gasteiger partial charge on any atom is -0.496 e. The van der Waals surface area contributed by atoms with Gasteiger partial charge in [-0.1, -0.05) is 42.7 Å². The second-order valence-electron chi connectivity index (χ2n) is 9.28. The van der Waals surface area contributed by atoms with Crippen molar-refractivity contribution in [2.24, 2.45) is 5.92 Å². The molecule has 0 bridgehead atoms. The lowest BCUT2D eigenvalue weighted by atomic mass is 9.84. The predicted molar refractivity (Wildman–Crippen MR) is 133 cm³/mol. The van der Waals surface area contributed by atoms with E-state index in [0.29, 0.717) is 17.7 Å². The SMILES string of the molecule is COc1ccccc1C(=O)N1C(C(=O)NCCNS(=O)(=O)c2ccc(C)cc2)CC2CCCCC21. The van der Waals surface area contributed by atoms with Gasteiger partial charge in [0.2, 0.25) is 15.9 Å². The van der Waals surface area contributed by atoms with Crippen molar-refractivity contribution >= 4 is 21.8 Å². The minimum atomic E-state index is -3.66. The van der Waals surface area contributed by atoms with Crippen LogP contribution in [0, 0.1) is 12.8 Å².